The van der Waals surface area contributed by atoms with Gasteiger partial charge in [0.15, 0.2) is 5.96 Å². The van der Waals surface area contributed by atoms with Gasteiger partial charge in [0, 0.05) is 22.8 Å². The highest BCUT2D eigenvalue weighted by atomic mass is 127. The predicted octanol–water partition coefficient (Wildman–Crippen LogP) is 2.64. The minimum absolute atomic E-state index is 0. The molecule has 1 saturated carbocycles. The number of guanidine groups is 1. The highest BCUT2D eigenvalue weighted by Gasteiger charge is 2.34. The Morgan fingerprint density at radius 2 is 2.15 bits per heavy atom. The molecule has 0 unspecified atom stereocenters. The molecular weight excluding hydrogens is 385 g/mol. The van der Waals surface area contributed by atoms with Crippen molar-refractivity contribution in [2.45, 2.75) is 45.3 Å². The zero-order valence-corrected chi connectivity index (χ0v) is 15.3. The van der Waals surface area contributed by atoms with Gasteiger partial charge in [0.05, 0.1) is 12.1 Å². The van der Waals surface area contributed by atoms with E-state index in [0.29, 0.717) is 13.1 Å². The van der Waals surface area contributed by atoms with Gasteiger partial charge in [-0.15, -0.1) is 35.3 Å². The molecule has 0 spiro atoms. The lowest BCUT2D eigenvalue weighted by atomic mass is 9.80. The summed E-state index contributed by atoms with van der Waals surface area (Å²) in [7, 11) is 0. The van der Waals surface area contributed by atoms with Crippen LogP contribution in [0, 0.1) is 6.92 Å². The molecule has 1 aromatic heterocycles. The minimum Gasteiger partial charge on any atom is -0.388 e. The Labute approximate surface area is 142 Å². The molecule has 6 heteroatoms. The maximum Gasteiger partial charge on any atom is 0.191 e. The molecule has 20 heavy (non-hydrogen) atoms. The second kappa shape index (κ2) is 8.19. The van der Waals surface area contributed by atoms with E-state index in [2.05, 4.69) is 34.7 Å². The Morgan fingerprint density at radius 1 is 1.40 bits per heavy atom. The third-order valence-corrected chi connectivity index (χ3v) is 4.39. The second-order valence-electron chi connectivity index (χ2n) is 5.14. The van der Waals surface area contributed by atoms with Gasteiger partial charge in [0.2, 0.25) is 0 Å². The molecular formula is C14H24IN3OS. The Bertz CT molecular complexity index is 443. The number of aliphatic imine (C=N–C) groups is 1. The van der Waals surface area contributed by atoms with E-state index in [4.69, 9.17) is 0 Å². The first-order chi connectivity index (χ1) is 9.11. The highest BCUT2D eigenvalue weighted by Crippen LogP contribution is 2.30. The fourth-order valence-corrected chi connectivity index (χ4v) is 2.89. The van der Waals surface area contributed by atoms with Crippen LogP contribution >= 0.6 is 35.3 Å². The van der Waals surface area contributed by atoms with Gasteiger partial charge in [-0.3, -0.25) is 0 Å². The quantitative estimate of drug-likeness (QED) is 0.398. The van der Waals surface area contributed by atoms with Gasteiger partial charge in [-0.05, 0) is 45.2 Å². The maximum absolute atomic E-state index is 10.1. The van der Waals surface area contributed by atoms with Gasteiger partial charge in [-0.1, -0.05) is 0 Å². The number of hydrogen-bond donors (Lipinski definition) is 3. The minimum atomic E-state index is -0.518. The topological polar surface area (TPSA) is 56.7 Å². The molecule has 0 bridgehead atoms. The number of aryl methyl sites for hydroxylation is 1. The molecule has 0 aliphatic heterocycles. The molecule has 3 N–H and O–H groups in total. The first kappa shape index (κ1) is 17.7. The first-order valence-corrected chi connectivity index (χ1v) is 7.73. The first-order valence-electron chi connectivity index (χ1n) is 6.91. The van der Waals surface area contributed by atoms with E-state index in [9.17, 15) is 5.11 Å². The zero-order valence-electron chi connectivity index (χ0n) is 12.1. The van der Waals surface area contributed by atoms with Crippen LogP contribution in [-0.4, -0.2) is 29.8 Å². The van der Waals surface area contributed by atoms with E-state index in [1.807, 2.05) is 6.92 Å². The SMILES string of the molecule is CCNC(=NCc1ccc(C)s1)NCC1(O)CCC1.I. The van der Waals surface area contributed by atoms with Crippen molar-refractivity contribution in [1.82, 2.24) is 10.6 Å². The van der Waals surface area contributed by atoms with Gasteiger partial charge in [-0.25, -0.2) is 4.99 Å². The van der Waals surface area contributed by atoms with Crippen molar-refractivity contribution >= 4 is 41.3 Å². The number of hydrogen-bond acceptors (Lipinski definition) is 3. The molecule has 0 amide bonds. The maximum atomic E-state index is 10.1. The van der Waals surface area contributed by atoms with Crippen LogP contribution < -0.4 is 10.6 Å². The Morgan fingerprint density at radius 3 is 2.65 bits per heavy atom. The smallest absolute Gasteiger partial charge is 0.191 e. The van der Waals surface area contributed by atoms with E-state index >= 15 is 0 Å². The summed E-state index contributed by atoms with van der Waals surface area (Å²) < 4.78 is 0. The molecule has 1 aliphatic carbocycles. The fraction of sp³-hybridized carbons (Fsp3) is 0.643. The fourth-order valence-electron chi connectivity index (χ4n) is 2.08. The lowest BCUT2D eigenvalue weighted by Gasteiger charge is -2.36. The molecule has 0 saturated heterocycles. The van der Waals surface area contributed by atoms with Crippen molar-refractivity contribution in [2.24, 2.45) is 4.99 Å². The molecule has 4 nitrogen and oxygen atoms in total. The van der Waals surface area contributed by atoms with E-state index < -0.39 is 5.60 Å². The average molecular weight is 409 g/mol. The Kier molecular flexibility index (Phi) is 7.25. The lowest BCUT2D eigenvalue weighted by molar-refractivity contribution is -0.0279. The average Bonchev–Trinajstić information content (AvgIpc) is 2.76. The summed E-state index contributed by atoms with van der Waals surface area (Å²) in [6, 6.07) is 4.24. The number of aliphatic hydroxyl groups is 1. The molecule has 1 heterocycles. The number of rotatable bonds is 5. The monoisotopic (exact) mass is 409 g/mol. The van der Waals surface area contributed by atoms with Crippen molar-refractivity contribution in [2.75, 3.05) is 13.1 Å². The predicted molar refractivity (Wildman–Crippen MR) is 96.1 cm³/mol. The number of nitrogens with zero attached hydrogens (tertiary/aromatic N) is 1. The Hall–Kier alpha value is -0.340. The van der Waals surface area contributed by atoms with Gasteiger partial charge in [0.1, 0.15) is 0 Å². The van der Waals surface area contributed by atoms with Crippen LogP contribution in [0.3, 0.4) is 0 Å². The van der Waals surface area contributed by atoms with Crippen LogP contribution in [0.25, 0.3) is 0 Å². The van der Waals surface area contributed by atoms with E-state index in [-0.39, 0.29) is 24.0 Å². The van der Waals surface area contributed by atoms with E-state index in [1.165, 1.54) is 9.75 Å². The normalized spacial score (nSPS) is 17.1. The largest absolute Gasteiger partial charge is 0.388 e. The van der Waals surface area contributed by atoms with E-state index in [1.54, 1.807) is 11.3 Å². The summed E-state index contributed by atoms with van der Waals surface area (Å²) in [6.45, 7) is 6.25. The zero-order chi connectivity index (χ0) is 13.7. The number of thiophene rings is 1. The van der Waals surface area contributed by atoms with Crippen LogP contribution in [0.5, 0.6) is 0 Å². The second-order valence-corrected chi connectivity index (χ2v) is 6.51. The van der Waals surface area contributed by atoms with Crippen molar-refractivity contribution in [3.05, 3.63) is 21.9 Å². The highest BCUT2D eigenvalue weighted by molar-refractivity contribution is 14.0. The van der Waals surface area contributed by atoms with Crippen LogP contribution in [-0.2, 0) is 6.54 Å². The molecule has 1 fully saturated rings. The summed E-state index contributed by atoms with van der Waals surface area (Å²) in [5.41, 5.74) is -0.518. The van der Waals surface area contributed by atoms with Crippen molar-refractivity contribution < 1.29 is 5.11 Å². The summed E-state index contributed by atoms with van der Waals surface area (Å²) >= 11 is 1.78. The summed E-state index contributed by atoms with van der Waals surface area (Å²) in [6.07, 6.45) is 2.91. The lowest BCUT2D eigenvalue weighted by Crippen LogP contribution is -2.50. The summed E-state index contributed by atoms with van der Waals surface area (Å²) in [4.78, 5) is 7.13. The summed E-state index contributed by atoms with van der Waals surface area (Å²) in [5.74, 6) is 0.786. The standard InChI is InChI=1S/C14H23N3OS.HI/c1-3-15-13(17-10-14(18)7-4-8-14)16-9-12-6-5-11(2)19-12;/h5-6,18H,3-4,7-10H2,1-2H3,(H2,15,16,17);1H. The van der Waals surface area contributed by atoms with Gasteiger partial charge < -0.3 is 15.7 Å². The molecule has 2 rings (SSSR count). The van der Waals surface area contributed by atoms with Gasteiger partial charge >= 0.3 is 0 Å². The van der Waals surface area contributed by atoms with Crippen molar-refractivity contribution in [3.63, 3.8) is 0 Å². The van der Waals surface area contributed by atoms with Crippen LogP contribution in [0.4, 0.5) is 0 Å². The molecule has 0 atom stereocenters. The van der Waals surface area contributed by atoms with Gasteiger partial charge in [-0.2, -0.15) is 0 Å². The molecule has 0 radical (unpaired) electrons. The van der Waals surface area contributed by atoms with Crippen LogP contribution in [0.2, 0.25) is 0 Å². The molecule has 114 valence electrons. The summed E-state index contributed by atoms with van der Waals surface area (Å²) in [5, 5.41) is 16.5. The Balaban J connectivity index is 0.00000200. The van der Waals surface area contributed by atoms with Crippen molar-refractivity contribution in [3.8, 4) is 0 Å². The number of halogens is 1. The third-order valence-electron chi connectivity index (χ3n) is 3.40. The molecule has 1 aliphatic rings. The third kappa shape index (κ3) is 5.21. The molecule has 1 aromatic rings. The van der Waals surface area contributed by atoms with Crippen molar-refractivity contribution in [1.29, 1.82) is 0 Å². The molecule has 0 aromatic carbocycles. The number of nitrogens with one attached hydrogen (secondary N) is 2. The van der Waals surface area contributed by atoms with E-state index in [0.717, 1.165) is 31.8 Å². The van der Waals surface area contributed by atoms with Crippen LogP contribution in [0.15, 0.2) is 17.1 Å². The van der Waals surface area contributed by atoms with Gasteiger partial charge in [0.25, 0.3) is 0 Å². The van der Waals surface area contributed by atoms with Crippen LogP contribution in [0.1, 0.15) is 35.9 Å².